The summed E-state index contributed by atoms with van der Waals surface area (Å²) in [6.45, 7) is 0. The minimum Gasteiger partial charge on any atom is -0.497 e. The minimum atomic E-state index is -0.869. The second-order valence-corrected chi connectivity index (χ2v) is 4.40. The summed E-state index contributed by atoms with van der Waals surface area (Å²) in [7, 11) is 1.58. The van der Waals surface area contributed by atoms with Gasteiger partial charge in [0.25, 0.3) is 0 Å². The molecule has 1 aliphatic rings. The first kappa shape index (κ1) is 10.2. The molecule has 0 aliphatic heterocycles. The van der Waals surface area contributed by atoms with Crippen LogP contribution in [0.1, 0.15) is 34.8 Å². The molecule has 1 aromatic carbocycles. The van der Waals surface area contributed by atoms with E-state index in [-0.39, 0.29) is 0 Å². The van der Waals surface area contributed by atoms with E-state index in [1.165, 1.54) is 0 Å². The molecule has 1 saturated carbocycles. The number of carbonyl (C=O) groups is 1. The molecule has 0 amide bonds. The van der Waals surface area contributed by atoms with Gasteiger partial charge in [0.15, 0.2) is 0 Å². The fraction of sp³-hybridized carbons (Fsp3) is 0.308. The molecular formula is C13H13NO3. The number of fused-ring (bicyclic) bond motifs is 1. The molecule has 0 saturated heterocycles. The van der Waals surface area contributed by atoms with E-state index in [2.05, 4.69) is 4.98 Å². The number of rotatable bonds is 3. The number of H-pyrrole nitrogens is 1. The molecule has 0 radical (unpaired) electrons. The Morgan fingerprint density at radius 1 is 1.47 bits per heavy atom. The van der Waals surface area contributed by atoms with Crippen molar-refractivity contribution in [1.29, 1.82) is 0 Å². The van der Waals surface area contributed by atoms with Gasteiger partial charge in [0, 0.05) is 16.6 Å². The second-order valence-electron chi connectivity index (χ2n) is 4.40. The van der Waals surface area contributed by atoms with Gasteiger partial charge in [-0.1, -0.05) is 0 Å². The summed E-state index contributed by atoms with van der Waals surface area (Å²) >= 11 is 0. The van der Waals surface area contributed by atoms with Crippen LogP contribution in [-0.2, 0) is 0 Å². The number of benzene rings is 1. The molecule has 1 heterocycles. The van der Waals surface area contributed by atoms with E-state index in [0.717, 1.165) is 29.4 Å². The van der Waals surface area contributed by atoms with Crippen molar-refractivity contribution in [3.05, 3.63) is 29.5 Å². The zero-order chi connectivity index (χ0) is 12.0. The Labute approximate surface area is 98.2 Å². The Morgan fingerprint density at radius 2 is 2.24 bits per heavy atom. The highest BCUT2D eigenvalue weighted by molar-refractivity contribution is 6.05. The predicted molar refractivity (Wildman–Crippen MR) is 63.8 cm³/mol. The van der Waals surface area contributed by atoms with Crippen LogP contribution >= 0.6 is 0 Å². The summed E-state index contributed by atoms with van der Waals surface area (Å²) < 4.78 is 5.14. The van der Waals surface area contributed by atoms with Gasteiger partial charge in [-0.3, -0.25) is 0 Å². The normalized spacial score (nSPS) is 15.1. The van der Waals surface area contributed by atoms with Crippen molar-refractivity contribution in [2.75, 3.05) is 7.11 Å². The highest BCUT2D eigenvalue weighted by Gasteiger charge is 2.31. The molecule has 0 atom stereocenters. The first-order valence-electron chi connectivity index (χ1n) is 5.63. The number of hydrogen-bond donors (Lipinski definition) is 2. The van der Waals surface area contributed by atoms with Crippen molar-refractivity contribution in [3.63, 3.8) is 0 Å². The molecule has 88 valence electrons. The van der Waals surface area contributed by atoms with E-state index < -0.39 is 5.97 Å². The van der Waals surface area contributed by atoms with Gasteiger partial charge in [-0.2, -0.15) is 0 Å². The largest absolute Gasteiger partial charge is 0.497 e. The topological polar surface area (TPSA) is 62.3 Å². The van der Waals surface area contributed by atoms with Gasteiger partial charge in [-0.25, -0.2) is 4.79 Å². The molecule has 1 aromatic heterocycles. The van der Waals surface area contributed by atoms with Crippen molar-refractivity contribution in [2.24, 2.45) is 0 Å². The van der Waals surface area contributed by atoms with Crippen LogP contribution in [0.5, 0.6) is 5.75 Å². The van der Waals surface area contributed by atoms with E-state index in [1.807, 2.05) is 12.1 Å². The fourth-order valence-electron chi connectivity index (χ4n) is 2.23. The SMILES string of the molecule is COc1ccc2[nH]c(C3CC3)c(C(=O)O)c2c1. The molecule has 4 heteroatoms. The third-order valence-electron chi connectivity index (χ3n) is 3.23. The van der Waals surface area contributed by atoms with Crippen LogP contribution in [0.15, 0.2) is 18.2 Å². The van der Waals surface area contributed by atoms with Crippen molar-refractivity contribution >= 4 is 16.9 Å². The van der Waals surface area contributed by atoms with Gasteiger partial charge in [-0.15, -0.1) is 0 Å². The predicted octanol–water partition coefficient (Wildman–Crippen LogP) is 2.75. The Bertz CT molecular complexity index is 596. The quantitative estimate of drug-likeness (QED) is 0.853. The third-order valence-corrected chi connectivity index (χ3v) is 3.23. The van der Waals surface area contributed by atoms with Crippen molar-refractivity contribution in [1.82, 2.24) is 4.98 Å². The number of aromatic amines is 1. The van der Waals surface area contributed by atoms with E-state index in [9.17, 15) is 9.90 Å². The van der Waals surface area contributed by atoms with E-state index >= 15 is 0 Å². The maximum Gasteiger partial charge on any atom is 0.338 e. The second kappa shape index (κ2) is 3.52. The van der Waals surface area contributed by atoms with Gasteiger partial charge >= 0.3 is 5.97 Å². The summed E-state index contributed by atoms with van der Waals surface area (Å²) in [4.78, 5) is 14.6. The first-order valence-corrected chi connectivity index (χ1v) is 5.63. The van der Waals surface area contributed by atoms with Crippen LogP contribution in [0.25, 0.3) is 10.9 Å². The lowest BCUT2D eigenvalue weighted by molar-refractivity contribution is 0.0698. The van der Waals surface area contributed by atoms with Gasteiger partial charge in [-0.05, 0) is 37.0 Å². The molecule has 1 fully saturated rings. The number of aromatic carboxylic acids is 1. The van der Waals surface area contributed by atoms with E-state index in [1.54, 1.807) is 13.2 Å². The summed E-state index contributed by atoms with van der Waals surface area (Å²) in [6.07, 6.45) is 2.15. The number of aromatic nitrogens is 1. The lowest BCUT2D eigenvalue weighted by atomic mass is 10.1. The van der Waals surface area contributed by atoms with Gasteiger partial charge < -0.3 is 14.8 Å². The lowest BCUT2D eigenvalue weighted by Gasteiger charge is -1.99. The van der Waals surface area contributed by atoms with Gasteiger partial charge in [0.2, 0.25) is 0 Å². The summed E-state index contributed by atoms with van der Waals surface area (Å²) in [5, 5.41) is 10.1. The fourth-order valence-corrected chi connectivity index (χ4v) is 2.23. The number of nitrogens with one attached hydrogen (secondary N) is 1. The average Bonchev–Trinajstić information content (AvgIpc) is 3.08. The molecule has 0 bridgehead atoms. The van der Waals surface area contributed by atoms with Crippen LogP contribution in [-0.4, -0.2) is 23.2 Å². The van der Waals surface area contributed by atoms with Crippen LogP contribution in [0, 0.1) is 0 Å². The third kappa shape index (κ3) is 1.56. The average molecular weight is 231 g/mol. The molecule has 17 heavy (non-hydrogen) atoms. The molecule has 0 spiro atoms. The molecule has 2 N–H and O–H groups in total. The Balaban J connectivity index is 2.27. The molecule has 0 unspecified atom stereocenters. The number of ether oxygens (including phenoxy) is 1. The molecule has 1 aliphatic carbocycles. The number of methoxy groups -OCH3 is 1. The van der Waals surface area contributed by atoms with Crippen LogP contribution < -0.4 is 4.74 Å². The molecule has 3 rings (SSSR count). The van der Waals surface area contributed by atoms with Crippen molar-refractivity contribution < 1.29 is 14.6 Å². The lowest BCUT2D eigenvalue weighted by Crippen LogP contribution is -1.99. The van der Waals surface area contributed by atoms with Crippen LogP contribution in [0.3, 0.4) is 0 Å². The van der Waals surface area contributed by atoms with Crippen LogP contribution in [0.2, 0.25) is 0 Å². The first-order chi connectivity index (χ1) is 8.20. The van der Waals surface area contributed by atoms with Crippen molar-refractivity contribution in [2.45, 2.75) is 18.8 Å². The standard InChI is InChI=1S/C13H13NO3/c1-17-8-4-5-10-9(6-8)11(13(15)16)12(14-10)7-2-3-7/h4-7,14H,2-3H2,1H3,(H,15,16). The molecule has 4 nitrogen and oxygen atoms in total. The highest BCUT2D eigenvalue weighted by Crippen LogP contribution is 2.43. The van der Waals surface area contributed by atoms with Gasteiger partial charge in [0.1, 0.15) is 5.75 Å². The van der Waals surface area contributed by atoms with E-state index in [4.69, 9.17) is 4.74 Å². The number of carboxylic acids is 1. The van der Waals surface area contributed by atoms with Crippen LogP contribution in [0.4, 0.5) is 0 Å². The molecule has 2 aromatic rings. The Morgan fingerprint density at radius 3 is 2.82 bits per heavy atom. The maximum atomic E-state index is 11.4. The molecular weight excluding hydrogens is 218 g/mol. The summed E-state index contributed by atoms with van der Waals surface area (Å²) in [6, 6.07) is 5.48. The Kier molecular flexibility index (Phi) is 2.11. The number of hydrogen-bond acceptors (Lipinski definition) is 2. The monoisotopic (exact) mass is 231 g/mol. The zero-order valence-electron chi connectivity index (χ0n) is 9.49. The van der Waals surface area contributed by atoms with E-state index in [0.29, 0.717) is 17.2 Å². The zero-order valence-corrected chi connectivity index (χ0v) is 9.49. The van der Waals surface area contributed by atoms with Crippen molar-refractivity contribution in [3.8, 4) is 5.75 Å². The maximum absolute atomic E-state index is 11.4. The minimum absolute atomic E-state index is 0.388. The van der Waals surface area contributed by atoms with Gasteiger partial charge in [0.05, 0.1) is 12.7 Å². The smallest absolute Gasteiger partial charge is 0.338 e. The summed E-state index contributed by atoms with van der Waals surface area (Å²) in [5.74, 6) is 0.201. The number of carboxylic acid groups (broad SMARTS) is 1. The highest BCUT2D eigenvalue weighted by atomic mass is 16.5. The summed E-state index contributed by atoms with van der Waals surface area (Å²) in [5.41, 5.74) is 2.13. The Hall–Kier alpha value is -1.97.